The summed E-state index contributed by atoms with van der Waals surface area (Å²) in [5.74, 6) is 1.39. The third kappa shape index (κ3) is 6.82. The Morgan fingerprint density at radius 3 is 1.59 bits per heavy atom. The molecule has 3 spiro atoms. The maximum absolute atomic E-state index is 12.6. The van der Waals surface area contributed by atoms with Gasteiger partial charge in [-0.05, 0) is 24.0 Å². The van der Waals surface area contributed by atoms with Crippen molar-refractivity contribution in [3.8, 4) is 0 Å². The van der Waals surface area contributed by atoms with Crippen molar-refractivity contribution >= 4 is 35.7 Å². The molecule has 0 saturated carbocycles. The van der Waals surface area contributed by atoms with Crippen molar-refractivity contribution in [1.29, 1.82) is 0 Å². The average Bonchev–Trinajstić information content (AvgIpc) is 3.04. The van der Waals surface area contributed by atoms with Gasteiger partial charge < -0.3 is 28.7 Å². The van der Waals surface area contributed by atoms with Crippen molar-refractivity contribution in [3.63, 3.8) is 0 Å². The monoisotopic (exact) mass is 598 g/mol. The van der Waals surface area contributed by atoms with Gasteiger partial charge in [0, 0.05) is 55.9 Å². The summed E-state index contributed by atoms with van der Waals surface area (Å²) >= 11 is 4.03. The van der Waals surface area contributed by atoms with Gasteiger partial charge in [0.15, 0.2) is 5.79 Å². The van der Waals surface area contributed by atoms with Gasteiger partial charge in [-0.25, -0.2) is 9.59 Å². The molecule has 0 aliphatic carbocycles. The third-order valence-electron chi connectivity index (χ3n) is 8.54. The highest BCUT2D eigenvalue weighted by Crippen LogP contribution is 2.55. The van der Waals surface area contributed by atoms with Crippen molar-refractivity contribution in [3.05, 3.63) is 71.8 Å². The molecule has 6 rings (SSSR count). The second kappa shape index (κ2) is 12.5. The van der Waals surface area contributed by atoms with Crippen LogP contribution in [-0.4, -0.2) is 82.8 Å². The minimum Gasteiger partial charge on any atom is -0.445 e. The molecule has 41 heavy (non-hydrogen) atoms. The zero-order chi connectivity index (χ0) is 28.2. The van der Waals surface area contributed by atoms with Gasteiger partial charge in [0.25, 0.3) is 0 Å². The van der Waals surface area contributed by atoms with Crippen molar-refractivity contribution in [2.75, 3.05) is 50.9 Å². The lowest BCUT2D eigenvalue weighted by Crippen LogP contribution is -2.58. The summed E-state index contributed by atoms with van der Waals surface area (Å²) in [5, 5.41) is 0. The number of benzene rings is 2. The topological polar surface area (TPSA) is 77.5 Å². The first kappa shape index (κ1) is 28.7. The Bertz CT molecular complexity index is 1070. The van der Waals surface area contributed by atoms with Crippen LogP contribution >= 0.6 is 23.5 Å². The molecule has 0 aromatic heterocycles. The van der Waals surface area contributed by atoms with Crippen LogP contribution in [0.4, 0.5) is 9.59 Å². The van der Waals surface area contributed by atoms with Crippen LogP contribution in [0.25, 0.3) is 0 Å². The minimum absolute atomic E-state index is 0.00330. The molecule has 220 valence electrons. The molecule has 0 bridgehead atoms. The van der Waals surface area contributed by atoms with Gasteiger partial charge in [0.05, 0.1) is 17.3 Å². The molecule has 2 aromatic carbocycles. The molecule has 2 aromatic rings. The lowest BCUT2D eigenvalue weighted by molar-refractivity contribution is -0.310. The van der Waals surface area contributed by atoms with Crippen molar-refractivity contribution in [1.82, 2.24) is 9.80 Å². The van der Waals surface area contributed by atoms with Crippen molar-refractivity contribution in [2.45, 2.75) is 48.8 Å². The second-order valence-corrected chi connectivity index (χ2v) is 14.5. The minimum atomic E-state index is -0.600. The van der Waals surface area contributed by atoms with Crippen molar-refractivity contribution < 1.29 is 28.5 Å². The Labute approximate surface area is 250 Å². The lowest BCUT2D eigenvalue weighted by atomic mass is 9.92. The predicted octanol–water partition coefficient (Wildman–Crippen LogP) is 5.76. The van der Waals surface area contributed by atoms with E-state index in [0.717, 1.165) is 48.6 Å². The van der Waals surface area contributed by atoms with Gasteiger partial charge in [-0.3, -0.25) is 0 Å². The van der Waals surface area contributed by atoms with E-state index in [0.29, 0.717) is 45.8 Å². The highest BCUT2D eigenvalue weighted by molar-refractivity contribution is 8.18. The number of carbonyl (C=O) groups is 2. The van der Waals surface area contributed by atoms with Crippen LogP contribution in [0.5, 0.6) is 0 Å². The SMILES string of the molecule is O=C(OCc1ccccc1)N1CCC2(CC1)OCC1(CO2)CSC2(CCN(C(=O)OCc3ccccc3)CC2)SC1. The van der Waals surface area contributed by atoms with E-state index in [9.17, 15) is 9.59 Å². The fourth-order valence-corrected chi connectivity index (χ4v) is 9.16. The van der Waals surface area contributed by atoms with E-state index in [4.69, 9.17) is 18.9 Å². The molecule has 2 amide bonds. The zero-order valence-corrected chi connectivity index (χ0v) is 25.0. The van der Waals surface area contributed by atoms with Crippen LogP contribution in [-0.2, 0) is 32.2 Å². The molecule has 4 aliphatic rings. The van der Waals surface area contributed by atoms with E-state index in [-0.39, 0.29) is 28.3 Å². The molecule has 4 heterocycles. The van der Waals surface area contributed by atoms with Crippen LogP contribution in [0.15, 0.2) is 60.7 Å². The maximum Gasteiger partial charge on any atom is 0.410 e. The normalized spacial score (nSPS) is 22.9. The number of rotatable bonds is 4. The van der Waals surface area contributed by atoms with E-state index in [1.165, 1.54) is 0 Å². The molecule has 10 heteroatoms. The number of nitrogens with zero attached hydrogens (tertiary/aromatic N) is 2. The maximum atomic E-state index is 12.6. The smallest absolute Gasteiger partial charge is 0.410 e. The summed E-state index contributed by atoms with van der Waals surface area (Å²) in [6, 6.07) is 19.5. The standard InChI is InChI=1S/C31H38N2O6S2/c34-27(36-19-25-7-3-1-4-8-25)32-15-11-30(12-16-32)38-21-29(22-39-30)23-40-31(41-24-29)13-17-33(18-14-31)28(35)37-20-26-9-5-2-6-10-26/h1-10H,11-24H2. The molecular formula is C31H38N2O6S2. The zero-order valence-electron chi connectivity index (χ0n) is 23.3. The number of hydrogen-bond acceptors (Lipinski definition) is 8. The van der Waals surface area contributed by atoms with Gasteiger partial charge >= 0.3 is 12.2 Å². The molecule has 4 saturated heterocycles. The summed E-state index contributed by atoms with van der Waals surface area (Å²) in [6.45, 7) is 4.53. The summed E-state index contributed by atoms with van der Waals surface area (Å²) in [6.07, 6.45) is 2.73. The number of thioether (sulfide) groups is 2. The van der Waals surface area contributed by atoms with Gasteiger partial charge in [-0.2, -0.15) is 0 Å². The Hall–Kier alpha value is -2.40. The summed E-state index contributed by atoms with van der Waals surface area (Å²) < 4.78 is 24.1. The molecular weight excluding hydrogens is 560 g/mol. The number of ether oxygens (including phenoxy) is 4. The highest BCUT2D eigenvalue weighted by atomic mass is 32.2. The van der Waals surface area contributed by atoms with Gasteiger partial charge in [-0.1, -0.05) is 60.7 Å². The quantitative estimate of drug-likeness (QED) is 0.440. The van der Waals surface area contributed by atoms with Gasteiger partial charge in [0.1, 0.15) is 13.2 Å². The average molecular weight is 599 g/mol. The number of carbonyl (C=O) groups excluding carboxylic acids is 2. The Kier molecular flexibility index (Phi) is 8.72. The van der Waals surface area contributed by atoms with Crippen molar-refractivity contribution in [2.24, 2.45) is 5.41 Å². The van der Waals surface area contributed by atoms with Gasteiger partial charge in [0.2, 0.25) is 0 Å². The fourth-order valence-electron chi connectivity index (χ4n) is 5.73. The van der Waals surface area contributed by atoms with Gasteiger partial charge in [-0.15, -0.1) is 23.5 Å². The van der Waals surface area contributed by atoms with Crippen LogP contribution in [0, 0.1) is 5.41 Å². The van der Waals surface area contributed by atoms with E-state index in [1.54, 1.807) is 4.90 Å². The predicted molar refractivity (Wildman–Crippen MR) is 160 cm³/mol. The Morgan fingerprint density at radius 2 is 1.12 bits per heavy atom. The third-order valence-corrected chi connectivity index (χ3v) is 12.6. The molecule has 0 N–H and O–H groups in total. The highest BCUT2D eigenvalue weighted by Gasteiger charge is 2.51. The second-order valence-electron chi connectivity index (χ2n) is 11.5. The van der Waals surface area contributed by atoms with Crippen LogP contribution < -0.4 is 0 Å². The van der Waals surface area contributed by atoms with E-state index in [2.05, 4.69) is 0 Å². The molecule has 0 atom stereocenters. The van der Waals surface area contributed by atoms with Crippen LogP contribution in [0.2, 0.25) is 0 Å². The number of likely N-dealkylation sites (tertiary alicyclic amines) is 2. The summed E-state index contributed by atoms with van der Waals surface area (Å²) in [4.78, 5) is 28.8. The van der Waals surface area contributed by atoms with Crippen LogP contribution in [0.1, 0.15) is 36.8 Å². The van der Waals surface area contributed by atoms with E-state index < -0.39 is 5.79 Å². The molecule has 0 radical (unpaired) electrons. The molecule has 4 fully saturated rings. The summed E-state index contributed by atoms with van der Waals surface area (Å²) in [7, 11) is 0. The van der Waals surface area contributed by atoms with E-state index in [1.807, 2.05) is 89.1 Å². The number of piperidine rings is 2. The first-order chi connectivity index (χ1) is 20.0. The summed E-state index contributed by atoms with van der Waals surface area (Å²) in [5.41, 5.74) is 1.99. The lowest BCUT2D eigenvalue weighted by Gasteiger charge is -2.53. The number of amides is 2. The van der Waals surface area contributed by atoms with Crippen LogP contribution in [0.3, 0.4) is 0 Å². The molecule has 4 aliphatic heterocycles. The Morgan fingerprint density at radius 1 is 0.683 bits per heavy atom. The van der Waals surface area contributed by atoms with E-state index >= 15 is 0 Å². The fraction of sp³-hybridized carbons (Fsp3) is 0.548. The molecule has 8 nitrogen and oxygen atoms in total. The number of hydrogen-bond donors (Lipinski definition) is 0. The molecule has 0 unspecified atom stereocenters. The first-order valence-electron chi connectivity index (χ1n) is 14.4. The largest absolute Gasteiger partial charge is 0.445 e. The Balaban J connectivity index is 0.912. The first-order valence-corrected chi connectivity index (χ1v) is 16.4.